The van der Waals surface area contributed by atoms with Gasteiger partial charge in [0.25, 0.3) is 0 Å². The van der Waals surface area contributed by atoms with E-state index >= 15 is 0 Å². The lowest BCUT2D eigenvalue weighted by atomic mass is 10.1. The van der Waals surface area contributed by atoms with Gasteiger partial charge in [0.05, 0.1) is 13.1 Å². The smallest absolute Gasteiger partial charge is 0.191 e. The van der Waals surface area contributed by atoms with Crippen molar-refractivity contribution in [2.75, 3.05) is 13.6 Å². The van der Waals surface area contributed by atoms with Crippen molar-refractivity contribution in [1.29, 1.82) is 0 Å². The first kappa shape index (κ1) is 18.0. The van der Waals surface area contributed by atoms with Crippen molar-refractivity contribution in [1.82, 2.24) is 10.6 Å². The van der Waals surface area contributed by atoms with Crippen LogP contribution in [-0.4, -0.2) is 24.7 Å². The zero-order valence-electron chi connectivity index (χ0n) is 15.0. The predicted octanol–water partition coefficient (Wildman–Crippen LogP) is 3.18. The van der Waals surface area contributed by atoms with Crippen molar-refractivity contribution in [2.45, 2.75) is 26.5 Å². The summed E-state index contributed by atoms with van der Waals surface area (Å²) in [6.07, 6.45) is -0.779. The molecule has 0 aliphatic heterocycles. The Labute approximate surface area is 150 Å². The fourth-order valence-corrected chi connectivity index (χ4v) is 2.72. The van der Waals surface area contributed by atoms with Gasteiger partial charge in [0.1, 0.15) is 34.8 Å². The van der Waals surface area contributed by atoms with Gasteiger partial charge in [0.15, 0.2) is 5.96 Å². The maximum Gasteiger partial charge on any atom is 0.191 e. The van der Waals surface area contributed by atoms with Crippen LogP contribution in [0, 0.1) is 19.7 Å². The minimum Gasteiger partial charge on any atom is -0.464 e. The normalized spacial score (nSPS) is 13.2. The summed E-state index contributed by atoms with van der Waals surface area (Å²) in [5, 5.41) is 17.1. The van der Waals surface area contributed by atoms with E-state index in [1.165, 1.54) is 12.1 Å². The fourth-order valence-electron chi connectivity index (χ4n) is 2.72. The molecule has 6 nitrogen and oxygen atoms in total. The van der Waals surface area contributed by atoms with Crippen molar-refractivity contribution in [2.24, 2.45) is 4.99 Å². The summed E-state index contributed by atoms with van der Waals surface area (Å²) in [6.45, 7) is 4.35. The molecule has 0 spiro atoms. The summed E-state index contributed by atoms with van der Waals surface area (Å²) in [6, 6.07) is 8.01. The van der Waals surface area contributed by atoms with Gasteiger partial charge in [-0.25, -0.2) is 4.39 Å². The van der Waals surface area contributed by atoms with Gasteiger partial charge in [-0.1, -0.05) is 0 Å². The summed E-state index contributed by atoms with van der Waals surface area (Å²) in [7, 11) is 1.64. The minimum atomic E-state index is -0.779. The standard InChI is InChI=1S/C19H22FN3O3/c1-11-4-6-17(25-11)15(24)9-22-19(21-3)23-10-18-12(2)14-8-13(20)5-7-16(14)26-18/h4-8,15,24H,9-10H2,1-3H3,(H2,21,22,23). The van der Waals surface area contributed by atoms with Crippen LogP contribution in [0.4, 0.5) is 4.39 Å². The molecule has 0 aliphatic carbocycles. The predicted molar refractivity (Wildman–Crippen MR) is 97.5 cm³/mol. The van der Waals surface area contributed by atoms with Crippen molar-refractivity contribution < 1.29 is 18.3 Å². The first-order valence-electron chi connectivity index (χ1n) is 8.34. The van der Waals surface area contributed by atoms with Crippen LogP contribution >= 0.6 is 0 Å². The number of aliphatic hydroxyl groups is 1. The highest BCUT2D eigenvalue weighted by Gasteiger charge is 2.14. The van der Waals surface area contributed by atoms with Gasteiger partial charge in [0, 0.05) is 18.0 Å². The van der Waals surface area contributed by atoms with Crippen LogP contribution in [0.2, 0.25) is 0 Å². The van der Waals surface area contributed by atoms with Crippen LogP contribution in [0.3, 0.4) is 0 Å². The molecule has 0 aliphatic rings. The summed E-state index contributed by atoms with van der Waals surface area (Å²) in [5.74, 6) is 2.17. The maximum atomic E-state index is 13.4. The molecule has 3 N–H and O–H groups in total. The number of hydrogen-bond donors (Lipinski definition) is 3. The van der Waals surface area contributed by atoms with Gasteiger partial charge < -0.3 is 24.6 Å². The van der Waals surface area contributed by atoms with Gasteiger partial charge in [-0.15, -0.1) is 0 Å². The topological polar surface area (TPSA) is 82.9 Å². The Morgan fingerprint density at radius 3 is 2.69 bits per heavy atom. The second-order valence-corrected chi connectivity index (χ2v) is 6.06. The molecule has 0 fully saturated rings. The van der Waals surface area contributed by atoms with Crippen molar-refractivity contribution in [3.05, 3.63) is 59.0 Å². The number of guanidine groups is 1. The molecule has 0 radical (unpaired) electrons. The zero-order chi connectivity index (χ0) is 18.7. The van der Waals surface area contributed by atoms with Crippen molar-refractivity contribution in [3.63, 3.8) is 0 Å². The molecule has 1 unspecified atom stereocenters. The van der Waals surface area contributed by atoms with E-state index in [4.69, 9.17) is 8.83 Å². The van der Waals surface area contributed by atoms with E-state index in [-0.39, 0.29) is 12.4 Å². The second kappa shape index (κ2) is 7.61. The molecule has 0 saturated carbocycles. The van der Waals surface area contributed by atoms with Gasteiger partial charge in [-0.2, -0.15) is 0 Å². The van der Waals surface area contributed by atoms with E-state index < -0.39 is 6.10 Å². The number of aryl methyl sites for hydroxylation is 2. The van der Waals surface area contributed by atoms with Crippen LogP contribution in [-0.2, 0) is 6.54 Å². The summed E-state index contributed by atoms with van der Waals surface area (Å²) in [5.41, 5.74) is 1.53. The highest BCUT2D eigenvalue weighted by atomic mass is 19.1. The quantitative estimate of drug-likeness (QED) is 0.481. The SMILES string of the molecule is CN=C(NCc1oc2ccc(F)cc2c1C)NCC(O)c1ccc(C)o1. The lowest BCUT2D eigenvalue weighted by Crippen LogP contribution is -2.39. The Bertz CT molecular complexity index is 929. The Balaban J connectivity index is 1.60. The number of aliphatic imine (C=N–C) groups is 1. The van der Waals surface area contributed by atoms with Crippen LogP contribution in [0.1, 0.15) is 28.9 Å². The fraction of sp³-hybridized carbons (Fsp3) is 0.316. The number of benzene rings is 1. The molecule has 3 rings (SSSR count). The second-order valence-electron chi connectivity index (χ2n) is 6.06. The number of furan rings is 2. The van der Waals surface area contributed by atoms with E-state index in [1.807, 2.05) is 13.8 Å². The van der Waals surface area contributed by atoms with Gasteiger partial charge in [0.2, 0.25) is 0 Å². The van der Waals surface area contributed by atoms with Crippen LogP contribution < -0.4 is 10.6 Å². The minimum absolute atomic E-state index is 0.247. The summed E-state index contributed by atoms with van der Waals surface area (Å²) < 4.78 is 24.6. The summed E-state index contributed by atoms with van der Waals surface area (Å²) >= 11 is 0. The van der Waals surface area contributed by atoms with Crippen molar-refractivity contribution >= 4 is 16.9 Å². The Hall–Kier alpha value is -2.80. The summed E-state index contributed by atoms with van der Waals surface area (Å²) in [4.78, 5) is 4.12. The molecular formula is C19H22FN3O3. The third kappa shape index (κ3) is 3.88. The third-order valence-electron chi connectivity index (χ3n) is 4.19. The van der Waals surface area contributed by atoms with Crippen LogP contribution in [0.15, 0.2) is 44.2 Å². The number of rotatable bonds is 5. The molecule has 1 aromatic carbocycles. The number of fused-ring (bicyclic) bond motifs is 1. The largest absolute Gasteiger partial charge is 0.464 e. The average Bonchev–Trinajstić information content (AvgIpc) is 3.19. The molecule has 0 saturated heterocycles. The molecule has 3 aromatic rings. The number of nitrogens with zero attached hydrogens (tertiary/aromatic N) is 1. The monoisotopic (exact) mass is 359 g/mol. The third-order valence-corrected chi connectivity index (χ3v) is 4.19. The average molecular weight is 359 g/mol. The zero-order valence-corrected chi connectivity index (χ0v) is 15.0. The van der Waals surface area contributed by atoms with Gasteiger partial charge in [-0.3, -0.25) is 4.99 Å². The molecule has 0 bridgehead atoms. The van der Waals surface area contributed by atoms with Crippen molar-refractivity contribution in [3.8, 4) is 0 Å². The molecule has 26 heavy (non-hydrogen) atoms. The first-order valence-corrected chi connectivity index (χ1v) is 8.34. The molecule has 7 heteroatoms. The van der Waals surface area contributed by atoms with E-state index in [0.717, 1.165) is 16.7 Å². The molecule has 2 heterocycles. The maximum absolute atomic E-state index is 13.4. The van der Waals surface area contributed by atoms with E-state index in [0.29, 0.717) is 29.6 Å². The Morgan fingerprint density at radius 2 is 2.00 bits per heavy atom. The lowest BCUT2D eigenvalue weighted by Gasteiger charge is -2.13. The lowest BCUT2D eigenvalue weighted by molar-refractivity contribution is 0.151. The molecule has 138 valence electrons. The Morgan fingerprint density at radius 1 is 1.19 bits per heavy atom. The number of hydrogen-bond acceptors (Lipinski definition) is 4. The highest BCUT2D eigenvalue weighted by molar-refractivity contribution is 5.83. The molecular weight excluding hydrogens is 337 g/mol. The Kier molecular flexibility index (Phi) is 5.27. The van der Waals surface area contributed by atoms with E-state index in [9.17, 15) is 9.50 Å². The number of nitrogens with one attached hydrogen (secondary N) is 2. The molecule has 0 amide bonds. The molecule has 1 atom stereocenters. The van der Waals surface area contributed by atoms with E-state index in [1.54, 1.807) is 25.2 Å². The van der Waals surface area contributed by atoms with Crippen LogP contribution in [0.5, 0.6) is 0 Å². The number of aliphatic hydroxyl groups excluding tert-OH is 1. The number of halogens is 1. The highest BCUT2D eigenvalue weighted by Crippen LogP contribution is 2.25. The van der Waals surface area contributed by atoms with Crippen LogP contribution in [0.25, 0.3) is 11.0 Å². The first-order chi connectivity index (χ1) is 12.5. The van der Waals surface area contributed by atoms with Gasteiger partial charge >= 0.3 is 0 Å². The van der Waals surface area contributed by atoms with E-state index in [2.05, 4.69) is 15.6 Å². The van der Waals surface area contributed by atoms with Gasteiger partial charge in [-0.05, 0) is 44.2 Å². The molecule has 2 aromatic heterocycles.